The normalized spacial score (nSPS) is 20.7. The molecule has 1 saturated heterocycles. The third-order valence-corrected chi connectivity index (χ3v) is 2.28. The summed E-state index contributed by atoms with van der Waals surface area (Å²) in [6, 6.07) is -0.450. The predicted octanol–water partition coefficient (Wildman–Crippen LogP) is -1.68. The molecule has 15 heavy (non-hydrogen) atoms. The lowest BCUT2D eigenvalue weighted by Gasteiger charge is -2.07. The maximum Gasteiger partial charge on any atom is 0.244 e. The van der Waals surface area contributed by atoms with Crippen LogP contribution in [0.2, 0.25) is 0 Å². The van der Waals surface area contributed by atoms with E-state index in [2.05, 4.69) is 20.8 Å². The Morgan fingerprint density at radius 3 is 3.00 bits per heavy atom. The molecule has 1 atom stereocenters. The van der Waals surface area contributed by atoms with Crippen molar-refractivity contribution in [3.8, 4) is 0 Å². The summed E-state index contributed by atoms with van der Waals surface area (Å²) in [6.45, 7) is 0.419. The van der Waals surface area contributed by atoms with Gasteiger partial charge in [-0.15, -0.1) is 10.2 Å². The number of imide groups is 1. The fourth-order valence-corrected chi connectivity index (χ4v) is 1.40. The van der Waals surface area contributed by atoms with Gasteiger partial charge in [0.1, 0.15) is 12.2 Å². The first kappa shape index (κ1) is 9.78. The molecule has 1 fully saturated rings. The minimum atomic E-state index is -0.450. The summed E-state index contributed by atoms with van der Waals surface area (Å²) in [6.07, 6.45) is 1.77. The molecule has 7 nitrogen and oxygen atoms in total. The van der Waals surface area contributed by atoms with Crippen molar-refractivity contribution in [2.75, 3.05) is 0 Å². The van der Waals surface area contributed by atoms with Gasteiger partial charge in [-0.05, 0) is 0 Å². The highest BCUT2D eigenvalue weighted by Crippen LogP contribution is 2.02. The molecule has 0 bridgehead atoms. The molecule has 0 aliphatic carbocycles. The number of nitrogens with zero attached hydrogens (tertiary/aromatic N) is 3. The van der Waals surface area contributed by atoms with Crippen LogP contribution < -0.4 is 10.6 Å². The molecule has 0 aromatic carbocycles. The average Bonchev–Trinajstić information content (AvgIpc) is 2.70. The van der Waals surface area contributed by atoms with Gasteiger partial charge in [0.2, 0.25) is 11.8 Å². The van der Waals surface area contributed by atoms with E-state index in [0.717, 1.165) is 5.82 Å². The minimum absolute atomic E-state index is 0.191. The van der Waals surface area contributed by atoms with E-state index in [9.17, 15) is 9.59 Å². The first-order chi connectivity index (χ1) is 7.16. The van der Waals surface area contributed by atoms with Crippen molar-refractivity contribution in [3.63, 3.8) is 0 Å². The zero-order valence-corrected chi connectivity index (χ0v) is 8.23. The molecule has 1 aliphatic heterocycles. The Morgan fingerprint density at radius 1 is 1.67 bits per heavy atom. The van der Waals surface area contributed by atoms with Crippen LogP contribution in [-0.2, 0) is 23.2 Å². The minimum Gasteiger partial charge on any atom is -0.320 e. The van der Waals surface area contributed by atoms with Crippen LogP contribution in [-0.4, -0.2) is 32.6 Å². The largest absolute Gasteiger partial charge is 0.320 e. The van der Waals surface area contributed by atoms with Crippen LogP contribution in [0.5, 0.6) is 0 Å². The molecule has 2 amide bonds. The predicted molar refractivity (Wildman–Crippen MR) is 49.4 cm³/mol. The Bertz CT molecular complexity index is 399. The highest BCUT2D eigenvalue weighted by molar-refractivity contribution is 6.05. The van der Waals surface area contributed by atoms with E-state index in [1.165, 1.54) is 0 Å². The molecule has 7 heteroatoms. The van der Waals surface area contributed by atoms with Gasteiger partial charge in [-0.1, -0.05) is 0 Å². The smallest absolute Gasteiger partial charge is 0.244 e. The van der Waals surface area contributed by atoms with Gasteiger partial charge in [-0.2, -0.15) is 0 Å². The van der Waals surface area contributed by atoms with E-state index in [-0.39, 0.29) is 18.2 Å². The number of rotatable bonds is 3. The molecule has 0 saturated carbocycles. The Morgan fingerprint density at radius 2 is 2.47 bits per heavy atom. The highest BCUT2D eigenvalue weighted by atomic mass is 16.2. The third-order valence-electron chi connectivity index (χ3n) is 2.28. The van der Waals surface area contributed by atoms with Crippen LogP contribution in [0.4, 0.5) is 0 Å². The molecule has 2 heterocycles. The van der Waals surface area contributed by atoms with Crippen molar-refractivity contribution in [1.29, 1.82) is 0 Å². The lowest BCUT2D eigenvalue weighted by Crippen LogP contribution is -2.36. The van der Waals surface area contributed by atoms with E-state index in [0.29, 0.717) is 6.54 Å². The topological polar surface area (TPSA) is 88.9 Å². The van der Waals surface area contributed by atoms with Crippen LogP contribution >= 0.6 is 0 Å². The van der Waals surface area contributed by atoms with E-state index in [1.807, 2.05) is 7.05 Å². The molecule has 1 aromatic rings. The van der Waals surface area contributed by atoms with Gasteiger partial charge in [-0.25, -0.2) is 0 Å². The van der Waals surface area contributed by atoms with E-state index in [1.54, 1.807) is 10.9 Å². The second-order valence-corrected chi connectivity index (χ2v) is 3.41. The number of hydrogen-bond donors (Lipinski definition) is 2. The van der Waals surface area contributed by atoms with Crippen molar-refractivity contribution >= 4 is 11.8 Å². The van der Waals surface area contributed by atoms with Gasteiger partial charge in [0.25, 0.3) is 0 Å². The Kier molecular flexibility index (Phi) is 2.46. The van der Waals surface area contributed by atoms with Crippen LogP contribution in [0.25, 0.3) is 0 Å². The van der Waals surface area contributed by atoms with Crippen molar-refractivity contribution < 1.29 is 9.59 Å². The number of carbonyl (C=O) groups excluding carboxylic acids is 2. The van der Waals surface area contributed by atoms with Crippen molar-refractivity contribution in [2.24, 2.45) is 7.05 Å². The maximum absolute atomic E-state index is 11.2. The summed E-state index contributed by atoms with van der Waals surface area (Å²) < 4.78 is 1.75. The monoisotopic (exact) mass is 209 g/mol. The van der Waals surface area contributed by atoms with Gasteiger partial charge >= 0.3 is 0 Å². The first-order valence-corrected chi connectivity index (χ1v) is 4.57. The molecule has 0 radical (unpaired) electrons. The van der Waals surface area contributed by atoms with Crippen LogP contribution in [0.15, 0.2) is 6.33 Å². The summed E-state index contributed by atoms with van der Waals surface area (Å²) in [7, 11) is 1.82. The van der Waals surface area contributed by atoms with E-state index < -0.39 is 6.04 Å². The summed E-state index contributed by atoms with van der Waals surface area (Å²) >= 11 is 0. The standard InChI is InChI=1S/C8H11N5O2/c1-13-4-10-12-6(13)3-9-5-2-7(14)11-8(5)15/h4-5,9H,2-3H2,1H3,(H,11,14,15). The Balaban J connectivity index is 1.91. The van der Waals surface area contributed by atoms with Gasteiger partial charge in [0.05, 0.1) is 19.0 Å². The molecular formula is C8H11N5O2. The fourth-order valence-electron chi connectivity index (χ4n) is 1.40. The molecule has 80 valence electrons. The number of aromatic nitrogens is 3. The molecule has 1 aliphatic rings. The zero-order chi connectivity index (χ0) is 10.8. The molecule has 1 aromatic heterocycles. The van der Waals surface area contributed by atoms with Crippen molar-refractivity contribution in [3.05, 3.63) is 12.2 Å². The lowest BCUT2D eigenvalue weighted by molar-refractivity contribution is -0.125. The van der Waals surface area contributed by atoms with E-state index >= 15 is 0 Å². The second-order valence-electron chi connectivity index (χ2n) is 3.41. The number of carbonyl (C=O) groups is 2. The fraction of sp³-hybridized carbons (Fsp3) is 0.500. The molecule has 1 unspecified atom stereocenters. The SMILES string of the molecule is Cn1cnnc1CNC1CC(=O)NC1=O. The van der Waals surface area contributed by atoms with Crippen molar-refractivity contribution in [1.82, 2.24) is 25.4 Å². The van der Waals surface area contributed by atoms with Gasteiger partial charge in [0.15, 0.2) is 0 Å². The number of amides is 2. The summed E-state index contributed by atoms with van der Waals surface area (Å²) in [5.41, 5.74) is 0. The van der Waals surface area contributed by atoms with Gasteiger partial charge < -0.3 is 4.57 Å². The summed E-state index contributed by atoms with van der Waals surface area (Å²) in [5.74, 6) is 0.208. The number of hydrogen-bond acceptors (Lipinski definition) is 5. The highest BCUT2D eigenvalue weighted by Gasteiger charge is 2.29. The number of nitrogens with one attached hydrogen (secondary N) is 2. The zero-order valence-electron chi connectivity index (χ0n) is 8.23. The average molecular weight is 209 g/mol. The molecule has 2 rings (SSSR count). The van der Waals surface area contributed by atoms with Crippen LogP contribution in [0.1, 0.15) is 12.2 Å². The molecular weight excluding hydrogens is 198 g/mol. The molecule has 2 N–H and O–H groups in total. The van der Waals surface area contributed by atoms with Crippen LogP contribution in [0, 0.1) is 0 Å². The quantitative estimate of drug-likeness (QED) is 0.580. The summed E-state index contributed by atoms with van der Waals surface area (Å²) in [4.78, 5) is 22.1. The number of aryl methyl sites for hydroxylation is 1. The maximum atomic E-state index is 11.2. The summed E-state index contributed by atoms with van der Waals surface area (Å²) in [5, 5.41) is 12.7. The second kappa shape index (κ2) is 3.77. The van der Waals surface area contributed by atoms with Gasteiger partial charge in [0, 0.05) is 7.05 Å². The lowest BCUT2D eigenvalue weighted by atomic mass is 10.2. The third kappa shape index (κ3) is 2.01. The van der Waals surface area contributed by atoms with Crippen molar-refractivity contribution in [2.45, 2.75) is 19.0 Å². The Hall–Kier alpha value is -1.76. The molecule has 0 spiro atoms. The van der Waals surface area contributed by atoms with Gasteiger partial charge in [-0.3, -0.25) is 20.2 Å². The van der Waals surface area contributed by atoms with Crippen LogP contribution in [0.3, 0.4) is 0 Å². The van der Waals surface area contributed by atoms with E-state index in [4.69, 9.17) is 0 Å². The Labute approximate surface area is 85.9 Å². The first-order valence-electron chi connectivity index (χ1n) is 4.57.